The fourth-order valence-electron chi connectivity index (χ4n) is 2.27. The Bertz CT molecular complexity index is 899. The van der Waals surface area contributed by atoms with E-state index in [0.717, 1.165) is 6.07 Å². The number of hydrogen-bond acceptors (Lipinski definition) is 6. The van der Waals surface area contributed by atoms with Gasteiger partial charge in [-0.1, -0.05) is 0 Å². The van der Waals surface area contributed by atoms with Gasteiger partial charge in [-0.3, -0.25) is 4.79 Å². The van der Waals surface area contributed by atoms with Crippen molar-refractivity contribution < 1.29 is 18.7 Å². The molecule has 3 aromatic rings. The van der Waals surface area contributed by atoms with E-state index in [1.54, 1.807) is 18.2 Å². The standard InChI is InChI=1S/C16H14FN5O3/c1-24-14-6-4-11(8-15(14)25-2)19-16(23)12-7-10(17)3-5-13(12)22-9-18-20-21-22/h3-9H,1-2H3,(H,19,23). The molecule has 2 aromatic carbocycles. The average Bonchev–Trinajstić information content (AvgIpc) is 3.16. The first-order valence-electron chi connectivity index (χ1n) is 7.18. The Morgan fingerprint density at radius 2 is 1.92 bits per heavy atom. The molecule has 9 heteroatoms. The first-order valence-corrected chi connectivity index (χ1v) is 7.18. The third-order valence-corrected chi connectivity index (χ3v) is 3.44. The predicted octanol–water partition coefficient (Wildman–Crippen LogP) is 2.07. The number of nitrogens with zero attached hydrogens (tertiary/aromatic N) is 4. The van der Waals surface area contributed by atoms with Gasteiger partial charge in [-0.25, -0.2) is 4.39 Å². The molecule has 0 spiro atoms. The Hall–Kier alpha value is -3.49. The molecule has 25 heavy (non-hydrogen) atoms. The molecule has 0 aliphatic heterocycles. The van der Waals surface area contributed by atoms with Crippen LogP contribution in [0.3, 0.4) is 0 Å². The van der Waals surface area contributed by atoms with Crippen LogP contribution in [0.1, 0.15) is 10.4 Å². The lowest BCUT2D eigenvalue weighted by Gasteiger charge is -2.12. The lowest BCUT2D eigenvalue weighted by atomic mass is 10.1. The number of carbonyl (C=O) groups is 1. The molecule has 1 amide bonds. The lowest BCUT2D eigenvalue weighted by Crippen LogP contribution is -2.16. The summed E-state index contributed by atoms with van der Waals surface area (Å²) in [7, 11) is 3.01. The van der Waals surface area contributed by atoms with Crippen LogP contribution in [-0.4, -0.2) is 40.3 Å². The van der Waals surface area contributed by atoms with E-state index in [2.05, 4.69) is 20.8 Å². The SMILES string of the molecule is COc1ccc(NC(=O)c2cc(F)ccc2-n2cnnn2)cc1OC. The van der Waals surface area contributed by atoms with Gasteiger partial charge in [0.15, 0.2) is 11.5 Å². The molecule has 0 aliphatic carbocycles. The molecule has 3 rings (SSSR count). The summed E-state index contributed by atoms with van der Waals surface area (Å²) in [6.07, 6.45) is 1.32. The lowest BCUT2D eigenvalue weighted by molar-refractivity contribution is 0.102. The highest BCUT2D eigenvalue weighted by atomic mass is 19.1. The molecule has 0 radical (unpaired) electrons. The summed E-state index contributed by atoms with van der Waals surface area (Å²) in [5, 5.41) is 13.5. The molecule has 0 bridgehead atoms. The van der Waals surface area contributed by atoms with E-state index in [1.807, 2.05) is 0 Å². The number of amides is 1. The van der Waals surface area contributed by atoms with Gasteiger partial charge in [0.1, 0.15) is 12.1 Å². The van der Waals surface area contributed by atoms with Crippen molar-refractivity contribution in [3.8, 4) is 17.2 Å². The third kappa shape index (κ3) is 3.39. The summed E-state index contributed by atoms with van der Waals surface area (Å²) in [4.78, 5) is 12.6. The molecular weight excluding hydrogens is 329 g/mol. The zero-order valence-electron chi connectivity index (χ0n) is 13.4. The number of anilines is 1. The Labute approximate surface area is 142 Å². The summed E-state index contributed by atoms with van der Waals surface area (Å²) >= 11 is 0. The largest absolute Gasteiger partial charge is 0.493 e. The Balaban J connectivity index is 1.93. The number of aromatic nitrogens is 4. The molecule has 1 N–H and O–H groups in total. The topological polar surface area (TPSA) is 91.2 Å². The van der Waals surface area contributed by atoms with Crippen molar-refractivity contribution in [1.29, 1.82) is 0 Å². The summed E-state index contributed by atoms with van der Waals surface area (Å²) in [6, 6.07) is 8.68. The molecule has 0 aliphatic rings. The fraction of sp³-hybridized carbons (Fsp3) is 0.125. The number of benzene rings is 2. The van der Waals surface area contributed by atoms with Crippen LogP contribution < -0.4 is 14.8 Å². The van der Waals surface area contributed by atoms with Crippen LogP contribution >= 0.6 is 0 Å². The Morgan fingerprint density at radius 1 is 1.12 bits per heavy atom. The van der Waals surface area contributed by atoms with Gasteiger partial charge in [0.25, 0.3) is 5.91 Å². The predicted molar refractivity (Wildman–Crippen MR) is 86.6 cm³/mol. The number of tetrazole rings is 1. The first kappa shape index (κ1) is 16.4. The number of rotatable bonds is 5. The van der Waals surface area contributed by atoms with Crippen molar-refractivity contribution in [3.05, 3.63) is 54.1 Å². The van der Waals surface area contributed by atoms with Crippen LogP contribution in [0.15, 0.2) is 42.7 Å². The number of halogens is 1. The van der Waals surface area contributed by atoms with Crippen molar-refractivity contribution in [2.45, 2.75) is 0 Å². The fourth-order valence-corrected chi connectivity index (χ4v) is 2.27. The summed E-state index contributed by atoms with van der Waals surface area (Å²) in [6.45, 7) is 0. The van der Waals surface area contributed by atoms with Crippen molar-refractivity contribution in [2.75, 3.05) is 19.5 Å². The number of hydrogen-bond donors (Lipinski definition) is 1. The maximum absolute atomic E-state index is 13.6. The van der Waals surface area contributed by atoms with Crippen molar-refractivity contribution in [1.82, 2.24) is 20.2 Å². The van der Waals surface area contributed by atoms with Crippen LogP contribution in [0.2, 0.25) is 0 Å². The number of nitrogens with one attached hydrogen (secondary N) is 1. The molecule has 8 nitrogen and oxygen atoms in total. The maximum Gasteiger partial charge on any atom is 0.257 e. The molecule has 1 aromatic heterocycles. The molecule has 0 saturated heterocycles. The van der Waals surface area contributed by atoms with E-state index in [0.29, 0.717) is 22.9 Å². The second-order valence-corrected chi connectivity index (χ2v) is 4.94. The minimum atomic E-state index is -0.547. The number of ether oxygens (including phenoxy) is 2. The van der Waals surface area contributed by atoms with Gasteiger partial charge in [-0.15, -0.1) is 5.10 Å². The van der Waals surface area contributed by atoms with Crippen molar-refractivity contribution >= 4 is 11.6 Å². The van der Waals surface area contributed by atoms with Crippen LogP contribution in [0.25, 0.3) is 5.69 Å². The van der Waals surface area contributed by atoms with E-state index < -0.39 is 11.7 Å². The van der Waals surface area contributed by atoms with Crippen LogP contribution in [0, 0.1) is 5.82 Å². The minimum Gasteiger partial charge on any atom is -0.493 e. The molecule has 0 fully saturated rings. The van der Waals surface area contributed by atoms with Gasteiger partial charge in [0.2, 0.25) is 0 Å². The highest BCUT2D eigenvalue weighted by molar-refractivity contribution is 6.06. The van der Waals surface area contributed by atoms with Crippen LogP contribution in [0.5, 0.6) is 11.5 Å². The Kier molecular flexibility index (Phi) is 4.55. The van der Waals surface area contributed by atoms with E-state index in [1.165, 1.54) is 37.4 Å². The first-order chi connectivity index (χ1) is 12.1. The minimum absolute atomic E-state index is 0.0853. The second kappa shape index (κ2) is 6.95. The van der Waals surface area contributed by atoms with Gasteiger partial charge in [-0.05, 0) is 40.8 Å². The Morgan fingerprint density at radius 3 is 2.60 bits per heavy atom. The summed E-state index contributed by atoms with van der Waals surface area (Å²) < 4.78 is 25.3. The van der Waals surface area contributed by atoms with Gasteiger partial charge in [-0.2, -0.15) is 4.68 Å². The smallest absolute Gasteiger partial charge is 0.257 e. The van der Waals surface area contributed by atoms with Crippen LogP contribution in [-0.2, 0) is 0 Å². The van der Waals surface area contributed by atoms with Crippen molar-refractivity contribution in [3.63, 3.8) is 0 Å². The molecule has 128 valence electrons. The van der Waals surface area contributed by atoms with E-state index in [9.17, 15) is 9.18 Å². The number of methoxy groups -OCH3 is 2. The summed E-state index contributed by atoms with van der Waals surface area (Å²) in [5.74, 6) is -0.0765. The molecule has 1 heterocycles. The van der Waals surface area contributed by atoms with Crippen molar-refractivity contribution in [2.24, 2.45) is 0 Å². The van der Waals surface area contributed by atoms with E-state index in [-0.39, 0.29) is 5.56 Å². The summed E-state index contributed by atoms with van der Waals surface area (Å²) in [5.41, 5.74) is 0.904. The second-order valence-electron chi connectivity index (χ2n) is 4.94. The highest BCUT2D eigenvalue weighted by Gasteiger charge is 2.16. The van der Waals surface area contributed by atoms with E-state index >= 15 is 0 Å². The van der Waals surface area contributed by atoms with Gasteiger partial charge < -0.3 is 14.8 Å². The molecule has 0 atom stereocenters. The quantitative estimate of drug-likeness (QED) is 0.763. The molecular formula is C16H14FN5O3. The van der Waals surface area contributed by atoms with E-state index in [4.69, 9.17) is 9.47 Å². The molecule has 0 unspecified atom stereocenters. The normalized spacial score (nSPS) is 10.4. The average molecular weight is 343 g/mol. The number of carbonyl (C=O) groups excluding carboxylic acids is 1. The van der Waals surface area contributed by atoms with Gasteiger partial charge >= 0.3 is 0 Å². The zero-order valence-corrected chi connectivity index (χ0v) is 13.4. The monoisotopic (exact) mass is 343 g/mol. The van der Waals surface area contributed by atoms with Gasteiger partial charge in [0, 0.05) is 11.8 Å². The molecule has 0 saturated carbocycles. The van der Waals surface area contributed by atoms with Gasteiger partial charge in [0.05, 0.1) is 25.5 Å². The highest BCUT2D eigenvalue weighted by Crippen LogP contribution is 2.30. The van der Waals surface area contributed by atoms with Crippen LogP contribution in [0.4, 0.5) is 10.1 Å². The third-order valence-electron chi connectivity index (χ3n) is 3.44. The maximum atomic E-state index is 13.6. The zero-order chi connectivity index (χ0) is 17.8.